The summed E-state index contributed by atoms with van der Waals surface area (Å²) in [6, 6.07) is 16.3. The molecule has 2 aromatic rings. The second-order valence-electron chi connectivity index (χ2n) is 6.41. The molecular formula is C23H25N3O3. The number of nitrogens with one attached hydrogen (secondary N) is 2. The minimum atomic E-state index is -0.530. The number of hydrogen-bond acceptors (Lipinski definition) is 5. The van der Waals surface area contributed by atoms with Crippen LogP contribution in [-0.4, -0.2) is 18.5 Å². The van der Waals surface area contributed by atoms with Crippen LogP contribution in [-0.2, 0) is 16.0 Å². The topological polar surface area (TPSA) is 91.2 Å². The van der Waals surface area contributed by atoms with Crippen molar-refractivity contribution >= 4 is 17.6 Å². The number of amides is 1. The zero-order valence-corrected chi connectivity index (χ0v) is 16.9. The van der Waals surface area contributed by atoms with E-state index in [2.05, 4.69) is 29.7 Å². The monoisotopic (exact) mass is 391 g/mol. The molecule has 0 bridgehead atoms. The smallest absolute Gasteiger partial charge is 0.338 e. The normalized spacial score (nSPS) is 11.9. The number of carbonyl (C=O) groups excluding carboxylic acids is 2. The minimum absolute atomic E-state index is 0.0449. The van der Waals surface area contributed by atoms with Gasteiger partial charge >= 0.3 is 5.97 Å². The SMILES string of the molecule is CCOC(=O)c1ccc(NC(=O)/C(C#N)=C\NC(C)c2ccc(CC)cc2)cc1. The van der Waals surface area contributed by atoms with Crippen LogP contribution in [0.15, 0.2) is 60.3 Å². The van der Waals surface area contributed by atoms with Gasteiger partial charge in [0.1, 0.15) is 11.6 Å². The van der Waals surface area contributed by atoms with Crippen LogP contribution in [0.4, 0.5) is 5.69 Å². The third-order valence-corrected chi connectivity index (χ3v) is 4.38. The molecule has 2 rings (SSSR count). The first-order chi connectivity index (χ1) is 14.0. The fraction of sp³-hybridized carbons (Fsp3) is 0.261. The molecule has 0 heterocycles. The molecule has 150 valence electrons. The fourth-order valence-electron chi connectivity index (χ4n) is 2.60. The van der Waals surface area contributed by atoms with Crippen molar-refractivity contribution in [3.05, 3.63) is 77.0 Å². The average Bonchev–Trinajstić information content (AvgIpc) is 2.74. The van der Waals surface area contributed by atoms with Crippen molar-refractivity contribution in [1.29, 1.82) is 5.26 Å². The van der Waals surface area contributed by atoms with Crippen molar-refractivity contribution in [2.75, 3.05) is 11.9 Å². The Morgan fingerprint density at radius 1 is 1.10 bits per heavy atom. The van der Waals surface area contributed by atoms with Crippen LogP contribution in [0, 0.1) is 11.3 Å². The van der Waals surface area contributed by atoms with Gasteiger partial charge in [-0.1, -0.05) is 31.2 Å². The fourth-order valence-corrected chi connectivity index (χ4v) is 2.60. The van der Waals surface area contributed by atoms with Crippen molar-refractivity contribution in [2.24, 2.45) is 0 Å². The van der Waals surface area contributed by atoms with Crippen LogP contribution in [0.3, 0.4) is 0 Å². The molecule has 1 unspecified atom stereocenters. The van der Waals surface area contributed by atoms with E-state index in [-0.39, 0.29) is 11.6 Å². The summed E-state index contributed by atoms with van der Waals surface area (Å²) < 4.78 is 4.92. The second-order valence-corrected chi connectivity index (χ2v) is 6.41. The van der Waals surface area contributed by atoms with E-state index in [9.17, 15) is 14.9 Å². The van der Waals surface area contributed by atoms with Crippen LogP contribution in [0.1, 0.15) is 48.3 Å². The van der Waals surface area contributed by atoms with Gasteiger partial charge in [-0.05, 0) is 55.7 Å². The van der Waals surface area contributed by atoms with Gasteiger partial charge in [-0.25, -0.2) is 4.79 Å². The van der Waals surface area contributed by atoms with Crippen molar-refractivity contribution in [1.82, 2.24) is 5.32 Å². The second kappa shape index (κ2) is 10.7. The average molecular weight is 391 g/mol. The predicted molar refractivity (Wildman–Crippen MR) is 112 cm³/mol. The summed E-state index contributed by atoms with van der Waals surface area (Å²) in [5.41, 5.74) is 3.14. The molecule has 29 heavy (non-hydrogen) atoms. The maximum Gasteiger partial charge on any atom is 0.338 e. The van der Waals surface area contributed by atoms with Crippen LogP contribution in [0.5, 0.6) is 0 Å². The number of esters is 1. The number of benzene rings is 2. The molecule has 0 fully saturated rings. The third kappa shape index (κ3) is 6.22. The number of ether oxygens (including phenoxy) is 1. The van der Waals surface area contributed by atoms with Gasteiger partial charge in [0.05, 0.1) is 12.2 Å². The Morgan fingerprint density at radius 3 is 2.31 bits per heavy atom. The molecule has 0 spiro atoms. The molecule has 0 aliphatic rings. The molecule has 0 saturated carbocycles. The minimum Gasteiger partial charge on any atom is -0.462 e. The summed E-state index contributed by atoms with van der Waals surface area (Å²) in [6.07, 6.45) is 2.39. The standard InChI is InChI=1S/C23H25N3O3/c1-4-17-6-8-18(9-7-17)16(3)25-15-20(14-24)22(27)26-21-12-10-19(11-13-21)23(28)29-5-2/h6-13,15-16,25H,4-5H2,1-3H3,(H,26,27)/b20-15-. The summed E-state index contributed by atoms with van der Waals surface area (Å²) >= 11 is 0. The maximum atomic E-state index is 12.4. The van der Waals surface area contributed by atoms with Crippen molar-refractivity contribution in [3.63, 3.8) is 0 Å². The van der Waals surface area contributed by atoms with E-state index in [0.29, 0.717) is 17.9 Å². The third-order valence-electron chi connectivity index (χ3n) is 4.38. The number of nitrogens with zero attached hydrogens (tertiary/aromatic N) is 1. The van der Waals surface area contributed by atoms with E-state index in [1.165, 1.54) is 11.8 Å². The van der Waals surface area contributed by atoms with Crippen molar-refractivity contribution in [3.8, 4) is 6.07 Å². The van der Waals surface area contributed by atoms with Crippen LogP contribution in [0.2, 0.25) is 0 Å². The lowest BCUT2D eigenvalue weighted by Gasteiger charge is -2.13. The molecule has 6 nitrogen and oxygen atoms in total. The lowest BCUT2D eigenvalue weighted by molar-refractivity contribution is -0.112. The van der Waals surface area contributed by atoms with Gasteiger partial charge in [-0.3, -0.25) is 4.79 Å². The highest BCUT2D eigenvalue weighted by Gasteiger charge is 2.12. The molecule has 0 radical (unpaired) electrons. The quantitative estimate of drug-likeness (QED) is 0.401. The molecule has 0 aliphatic carbocycles. The highest BCUT2D eigenvalue weighted by Crippen LogP contribution is 2.15. The van der Waals surface area contributed by atoms with Crippen LogP contribution >= 0.6 is 0 Å². The number of anilines is 1. The molecule has 0 aromatic heterocycles. The summed E-state index contributed by atoms with van der Waals surface area (Å²) in [7, 11) is 0. The molecule has 0 aliphatic heterocycles. The first kappa shape index (κ1) is 21.7. The molecule has 0 saturated heterocycles. The Labute approximate surface area is 171 Å². The molecule has 2 aromatic carbocycles. The van der Waals surface area contributed by atoms with E-state index in [1.807, 2.05) is 25.1 Å². The van der Waals surface area contributed by atoms with Gasteiger partial charge in [0.2, 0.25) is 0 Å². The van der Waals surface area contributed by atoms with E-state index in [1.54, 1.807) is 31.2 Å². The van der Waals surface area contributed by atoms with Gasteiger partial charge in [0.25, 0.3) is 5.91 Å². The number of rotatable bonds is 8. The van der Waals surface area contributed by atoms with E-state index in [0.717, 1.165) is 12.0 Å². The Hall–Kier alpha value is -3.59. The number of nitriles is 1. The van der Waals surface area contributed by atoms with E-state index in [4.69, 9.17) is 4.74 Å². The lowest BCUT2D eigenvalue weighted by Crippen LogP contribution is -2.18. The van der Waals surface area contributed by atoms with Crippen molar-refractivity contribution < 1.29 is 14.3 Å². The highest BCUT2D eigenvalue weighted by atomic mass is 16.5. The van der Waals surface area contributed by atoms with Gasteiger partial charge in [0, 0.05) is 17.9 Å². The summed E-state index contributed by atoms with van der Waals surface area (Å²) in [5.74, 6) is -0.953. The summed E-state index contributed by atoms with van der Waals surface area (Å²) in [5, 5.41) is 15.1. The Kier molecular flexibility index (Phi) is 7.99. The number of carbonyl (C=O) groups is 2. The molecular weight excluding hydrogens is 366 g/mol. The Morgan fingerprint density at radius 2 is 1.76 bits per heavy atom. The molecule has 1 atom stereocenters. The van der Waals surface area contributed by atoms with E-state index >= 15 is 0 Å². The highest BCUT2D eigenvalue weighted by molar-refractivity contribution is 6.06. The maximum absolute atomic E-state index is 12.4. The van der Waals surface area contributed by atoms with E-state index < -0.39 is 11.9 Å². The van der Waals surface area contributed by atoms with Crippen LogP contribution < -0.4 is 10.6 Å². The number of hydrogen-bond donors (Lipinski definition) is 2. The van der Waals surface area contributed by atoms with Crippen molar-refractivity contribution in [2.45, 2.75) is 33.2 Å². The summed E-state index contributed by atoms with van der Waals surface area (Å²) in [6.45, 7) is 6.08. The van der Waals surface area contributed by atoms with Gasteiger partial charge < -0.3 is 15.4 Å². The Balaban J connectivity index is 2.00. The Bertz CT molecular complexity index is 910. The van der Waals surface area contributed by atoms with Gasteiger partial charge in [-0.2, -0.15) is 5.26 Å². The first-order valence-electron chi connectivity index (χ1n) is 9.52. The van der Waals surface area contributed by atoms with Gasteiger partial charge in [0.15, 0.2) is 0 Å². The number of aryl methyl sites for hydroxylation is 1. The lowest BCUT2D eigenvalue weighted by atomic mass is 10.1. The molecule has 6 heteroatoms. The zero-order chi connectivity index (χ0) is 21.2. The predicted octanol–water partition coefficient (Wildman–Crippen LogP) is 4.12. The first-order valence-corrected chi connectivity index (χ1v) is 9.52. The van der Waals surface area contributed by atoms with Crippen LogP contribution in [0.25, 0.3) is 0 Å². The summed E-state index contributed by atoms with van der Waals surface area (Å²) in [4.78, 5) is 24.0. The molecule has 2 N–H and O–H groups in total. The van der Waals surface area contributed by atoms with Gasteiger partial charge in [-0.15, -0.1) is 0 Å². The largest absolute Gasteiger partial charge is 0.462 e. The zero-order valence-electron chi connectivity index (χ0n) is 16.9. The molecule has 1 amide bonds.